The molecule has 2 heteroatoms. The van der Waals surface area contributed by atoms with Gasteiger partial charge in [-0.25, -0.2) is 0 Å². The first-order valence-electron chi connectivity index (χ1n) is 5.54. The summed E-state index contributed by atoms with van der Waals surface area (Å²) >= 11 is 3.48. The number of hydrogen-bond donors (Lipinski definition) is 0. The van der Waals surface area contributed by atoms with Crippen molar-refractivity contribution in [3.05, 3.63) is 58.1 Å². The van der Waals surface area contributed by atoms with E-state index in [1.165, 1.54) is 5.56 Å². The molecule has 0 aliphatic heterocycles. The molecule has 0 radical (unpaired) electrons. The topological polar surface area (TPSA) is 23.8 Å². The average Bonchev–Trinajstić information content (AvgIpc) is 2.38. The summed E-state index contributed by atoms with van der Waals surface area (Å²) in [5.41, 5.74) is 4.14. The molecule has 84 valence electrons. The molecule has 0 fully saturated rings. The van der Waals surface area contributed by atoms with Crippen molar-refractivity contribution in [2.75, 3.05) is 0 Å². The second-order valence-electron chi connectivity index (χ2n) is 3.81. The van der Waals surface area contributed by atoms with Gasteiger partial charge in [0, 0.05) is 4.47 Å². The van der Waals surface area contributed by atoms with Gasteiger partial charge in [0.1, 0.15) is 0 Å². The minimum absolute atomic E-state index is 0.726. The Balaban J connectivity index is 2.65. The zero-order valence-electron chi connectivity index (χ0n) is 9.57. The second kappa shape index (κ2) is 5.16. The van der Waals surface area contributed by atoms with Gasteiger partial charge in [-0.15, -0.1) is 0 Å². The summed E-state index contributed by atoms with van der Waals surface area (Å²) in [4.78, 5) is 0. The Kier molecular flexibility index (Phi) is 3.61. The van der Waals surface area contributed by atoms with Crippen molar-refractivity contribution in [3.8, 4) is 17.2 Å². The van der Waals surface area contributed by atoms with Crippen molar-refractivity contribution in [1.82, 2.24) is 0 Å². The van der Waals surface area contributed by atoms with E-state index in [0.29, 0.717) is 0 Å². The lowest BCUT2D eigenvalue weighted by molar-refractivity contribution is 1.14. The molecule has 2 aromatic carbocycles. The summed E-state index contributed by atoms with van der Waals surface area (Å²) in [5, 5.41) is 9.14. The molecule has 2 rings (SSSR count). The maximum atomic E-state index is 9.14. The van der Waals surface area contributed by atoms with E-state index < -0.39 is 0 Å². The molecule has 0 aliphatic rings. The van der Waals surface area contributed by atoms with Gasteiger partial charge in [-0.05, 0) is 41.3 Å². The first-order valence-corrected chi connectivity index (χ1v) is 6.33. The van der Waals surface area contributed by atoms with Crippen molar-refractivity contribution < 1.29 is 0 Å². The maximum Gasteiger partial charge on any atom is 0.0998 e. The number of nitriles is 1. The van der Waals surface area contributed by atoms with E-state index >= 15 is 0 Å². The van der Waals surface area contributed by atoms with Crippen LogP contribution in [0.4, 0.5) is 0 Å². The molecule has 0 atom stereocenters. The molecule has 0 amide bonds. The molecule has 0 bridgehead atoms. The van der Waals surface area contributed by atoms with E-state index in [4.69, 9.17) is 5.26 Å². The highest BCUT2D eigenvalue weighted by molar-refractivity contribution is 9.10. The van der Waals surface area contributed by atoms with E-state index in [9.17, 15) is 0 Å². The van der Waals surface area contributed by atoms with Crippen LogP contribution in [0.1, 0.15) is 18.1 Å². The molecule has 0 aliphatic carbocycles. The highest BCUT2D eigenvalue weighted by Gasteiger charge is 2.08. The monoisotopic (exact) mass is 285 g/mol. The maximum absolute atomic E-state index is 9.14. The van der Waals surface area contributed by atoms with Gasteiger partial charge >= 0.3 is 0 Å². The van der Waals surface area contributed by atoms with Crippen LogP contribution >= 0.6 is 15.9 Å². The summed E-state index contributed by atoms with van der Waals surface area (Å²) in [6.07, 6.45) is 0.953. The van der Waals surface area contributed by atoms with Gasteiger partial charge in [-0.2, -0.15) is 5.26 Å². The first kappa shape index (κ1) is 11.9. The van der Waals surface area contributed by atoms with Gasteiger partial charge in [0.15, 0.2) is 0 Å². The van der Waals surface area contributed by atoms with Gasteiger partial charge in [0.25, 0.3) is 0 Å². The van der Waals surface area contributed by atoms with Crippen LogP contribution in [-0.2, 0) is 6.42 Å². The van der Waals surface area contributed by atoms with Crippen LogP contribution < -0.4 is 0 Å². The largest absolute Gasteiger partial charge is 0.192 e. The zero-order valence-corrected chi connectivity index (χ0v) is 11.2. The third-order valence-corrected chi connectivity index (χ3v) is 3.28. The zero-order chi connectivity index (χ0) is 12.3. The minimum Gasteiger partial charge on any atom is -0.192 e. The van der Waals surface area contributed by atoms with Gasteiger partial charge in [0.2, 0.25) is 0 Å². The quantitative estimate of drug-likeness (QED) is 0.794. The third kappa shape index (κ3) is 2.40. The molecule has 0 aromatic heterocycles. The van der Waals surface area contributed by atoms with E-state index in [1.807, 2.05) is 30.3 Å². The lowest BCUT2D eigenvalue weighted by Crippen LogP contribution is -1.90. The van der Waals surface area contributed by atoms with Crippen molar-refractivity contribution in [2.24, 2.45) is 0 Å². The van der Waals surface area contributed by atoms with Crippen LogP contribution in [0.2, 0.25) is 0 Å². The Hall–Kier alpha value is -1.59. The van der Waals surface area contributed by atoms with Gasteiger partial charge < -0.3 is 0 Å². The predicted molar refractivity (Wildman–Crippen MR) is 73.7 cm³/mol. The van der Waals surface area contributed by atoms with Crippen LogP contribution in [0.25, 0.3) is 11.1 Å². The fraction of sp³-hybridized carbons (Fsp3) is 0.133. The van der Waals surface area contributed by atoms with Crippen LogP contribution in [0.5, 0.6) is 0 Å². The molecule has 0 N–H and O–H groups in total. The molecule has 0 saturated heterocycles. The van der Waals surface area contributed by atoms with Crippen molar-refractivity contribution >= 4 is 15.9 Å². The SMILES string of the molecule is CCc1cc(Br)ccc1-c1ccccc1C#N. The number of halogens is 1. The van der Waals surface area contributed by atoms with Crippen molar-refractivity contribution in [2.45, 2.75) is 13.3 Å². The summed E-state index contributed by atoms with van der Waals surface area (Å²) < 4.78 is 1.08. The number of benzene rings is 2. The molecule has 1 nitrogen and oxygen atoms in total. The van der Waals surface area contributed by atoms with Gasteiger partial charge in [0.05, 0.1) is 11.6 Å². The number of hydrogen-bond acceptors (Lipinski definition) is 1. The number of rotatable bonds is 2. The van der Waals surface area contributed by atoms with E-state index in [-0.39, 0.29) is 0 Å². The predicted octanol–water partition coefficient (Wildman–Crippen LogP) is 4.55. The number of aryl methyl sites for hydroxylation is 1. The van der Waals surface area contributed by atoms with E-state index in [0.717, 1.165) is 27.6 Å². The van der Waals surface area contributed by atoms with E-state index in [2.05, 4.69) is 41.1 Å². The molecular weight excluding hydrogens is 274 g/mol. The first-order chi connectivity index (χ1) is 8.26. The lowest BCUT2D eigenvalue weighted by Gasteiger charge is -2.10. The van der Waals surface area contributed by atoms with Gasteiger partial charge in [-0.3, -0.25) is 0 Å². The van der Waals surface area contributed by atoms with Crippen LogP contribution in [0.15, 0.2) is 46.9 Å². The molecule has 2 aromatic rings. The molecule has 0 heterocycles. The van der Waals surface area contributed by atoms with Gasteiger partial charge in [-0.1, -0.05) is 47.1 Å². The molecule has 0 unspecified atom stereocenters. The Morgan fingerprint density at radius 2 is 1.88 bits per heavy atom. The highest BCUT2D eigenvalue weighted by atomic mass is 79.9. The normalized spacial score (nSPS) is 9.94. The highest BCUT2D eigenvalue weighted by Crippen LogP contribution is 2.29. The Morgan fingerprint density at radius 1 is 1.12 bits per heavy atom. The van der Waals surface area contributed by atoms with Crippen molar-refractivity contribution in [3.63, 3.8) is 0 Å². The summed E-state index contributed by atoms with van der Waals surface area (Å²) in [5.74, 6) is 0. The molecular formula is C15H12BrN. The fourth-order valence-corrected chi connectivity index (χ4v) is 2.34. The third-order valence-electron chi connectivity index (χ3n) is 2.79. The van der Waals surface area contributed by atoms with Crippen LogP contribution in [0, 0.1) is 11.3 Å². The minimum atomic E-state index is 0.726. The summed E-state index contributed by atoms with van der Waals surface area (Å²) in [6.45, 7) is 2.13. The summed E-state index contributed by atoms with van der Waals surface area (Å²) in [7, 11) is 0. The molecule has 17 heavy (non-hydrogen) atoms. The van der Waals surface area contributed by atoms with E-state index in [1.54, 1.807) is 0 Å². The lowest BCUT2D eigenvalue weighted by atomic mass is 9.95. The molecule has 0 saturated carbocycles. The van der Waals surface area contributed by atoms with Crippen LogP contribution in [0.3, 0.4) is 0 Å². The molecule has 0 spiro atoms. The Morgan fingerprint density at radius 3 is 2.59 bits per heavy atom. The second-order valence-corrected chi connectivity index (χ2v) is 4.73. The Labute approximate surface area is 110 Å². The fourth-order valence-electron chi connectivity index (χ4n) is 1.93. The number of nitrogens with zero attached hydrogens (tertiary/aromatic N) is 1. The van der Waals surface area contributed by atoms with Crippen molar-refractivity contribution in [1.29, 1.82) is 5.26 Å². The smallest absolute Gasteiger partial charge is 0.0998 e. The Bertz CT molecular complexity index is 582. The van der Waals surface area contributed by atoms with Crippen LogP contribution in [-0.4, -0.2) is 0 Å². The summed E-state index contributed by atoms with van der Waals surface area (Å²) in [6, 6.07) is 16.2. The average molecular weight is 286 g/mol. The standard InChI is InChI=1S/C15H12BrN/c1-2-11-9-13(16)7-8-15(11)14-6-4-3-5-12(14)10-17/h3-9H,2H2,1H3.